The zero-order valence-electron chi connectivity index (χ0n) is 12.6. The van der Waals surface area contributed by atoms with Gasteiger partial charge in [-0.2, -0.15) is 0 Å². The first kappa shape index (κ1) is 15.3. The first-order valence-corrected chi connectivity index (χ1v) is 7.62. The summed E-state index contributed by atoms with van der Waals surface area (Å²) in [6.45, 7) is 4.56. The molecule has 1 saturated heterocycles. The standard InChI is InChI=1S/C15H26N2O3/c1-12-11-17(8-7-16(12)2)13(18)9-15(10-14(19)20)5-3-4-6-15/h12H,3-11H2,1-2H3,(H,19,20). The highest BCUT2D eigenvalue weighted by molar-refractivity contribution is 5.78. The zero-order chi connectivity index (χ0) is 14.8. The summed E-state index contributed by atoms with van der Waals surface area (Å²) in [6, 6.07) is 0.381. The summed E-state index contributed by atoms with van der Waals surface area (Å²) in [5.74, 6) is -0.625. The fourth-order valence-corrected chi connectivity index (χ4v) is 3.57. The van der Waals surface area contributed by atoms with Crippen molar-refractivity contribution in [2.75, 3.05) is 26.7 Å². The molecule has 5 nitrogen and oxygen atoms in total. The van der Waals surface area contributed by atoms with Gasteiger partial charge in [0.1, 0.15) is 0 Å². The lowest BCUT2D eigenvalue weighted by molar-refractivity contribution is -0.142. The fraction of sp³-hybridized carbons (Fsp3) is 0.867. The molecule has 1 heterocycles. The first-order valence-electron chi connectivity index (χ1n) is 7.62. The molecule has 2 aliphatic rings. The predicted octanol–water partition coefficient (Wildman–Crippen LogP) is 1.57. The van der Waals surface area contributed by atoms with Crippen LogP contribution in [0.3, 0.4) is 0 Å². The molecule has 1 N–H and O–H groups in total. The number of hydrogen-bond acceptors (Lipinski definition) is 3. The molecule has 1 saturated carbocycles. The minimum absolute atomic E-state index is 0.141. The molecule has 0 aromatic rings. The molecule has 1 aliphatic heterocycles. The number of carboxylic acids is 1. The van der Waals surface area contributed by atoms with Crippen LogP contribution in [0.25, 0.3) is 0 Å². The van der Waals surface area contributed by atoms with Crippen LogP contribution in [0.5, 0.6) is 0 Å². The molecule has 5 heteroatoms. The van der Waals surface area contributed by atoms with E-state index in [0.29, 0.717) is 12.5 Å². The van der Waals surface area contributed by atoms with Crippen LogP contribution >= 0.6 is 0 Å². The van der Waals surface area contributed by atoms with Gasteiger partial charge < -0.3 is 14.9 Å². The third-order valence-corrected chi connectivity index (χ3v) is 5.03. The first-order chi connectivity index (χ1) is 9.42. The number of carbonyl (C=O) groups excluding carboxylic acids is 1. The molecular weight excluding hydrogens is 256 g/mol. The van der Waals surface area contributed by atoms with Gasteiger partial charge in [0.15, 0.2) is 0 Å². The third-order valence-electron chi connectivity index (χ3n) is 5.03. The van der Waals surface area contributed by atoms with Crippen molar-refractivity contribution in [1.82, 2.24) is 9.80 Å². The highest BCUT2D eigenvalue weighted by Gasteiger charge is 2.39. The maximum absolute atomic E-state index is 12.5. The number of hydrogen-bond donors (Lipinski definition) is 1. The number of carboxylic acid groups (broad SMARTS) is 1. The Morgan fingerprint density at radius 2 is 1.85 bits per heavy atom. The van der Waals surface area contributed by atoms with Gasteiger partial charge in [0, 0.05) is 32.1 Å². The lowest BCUT2D eigenvalue weighted by Gasteiger charge is -2.39. The minimum Gasteiger partial charge on any atom is -0.481 e. The van der Waals surface area contributed by atoms with E-state index in [9.17, 15) is 9.59 Å². The second-order valence-electron chi connectivity index (χ2n) is 6.62. The third kappa shape index (κ3) is 3.51. The molecule has 0 bridgehead atoms. The normalized spacial score (nSPS) is 26.7. The van der Waals surface area contributed by atoms with Crippen molar-refractivity contribution in [2.45, 2.75) is 51.5 Å². The van der Waals surface area contributed by atoms with Gasteiger partial charge in [-0.15, -0.1) is 0 Å². The van der Waals surface area contributed by atoms with Crippen LogP contribution < -0.4 is 0 Å². The van der Waals surface area contributed by atoms with Crippen LogP contribution in [0.15, 0.2) is 0 Å². The molecule has 1 atom stereocenters. The number of aliphatic carboxylic acids is 1. The molecule has 1 aliphatic carbocycles. The van der Waals surface area contributed by atoms with Gasteiger partial charge in [0.2, 0.25) is 5.91 Å². The van der Waals surface area contributed by atoms with E-state index < -0.39 is 5.97 Å². The Labute approximate surface area is 120 Å². The smallest absolute Gasteiger partial charge is 0.303 e. The highest BCUT2D eigenvalue weighted by Crippen LogP contribution is 2.44. The van der Waals surface area contributed by atoms with Gasteiger partial charge in [-0.3, -0.25) is 9.59 Å². The maximum Gasteiger partial charge on any atom is 0.303 e. The summed E-state index contributed by atoms with van der Waals surface area (Å²) in [6.07, 6.45) is 4.43. The van der Waals surface area contributed by atoms with E-state index in [2.05, 4.69) is 18.9 Å². The Hall–Kier alpha value is -1.10. The monoisotopic (exact) mass is 282 g/mol. The van der Waals surface area contributed by atoms with Gasteiger partial charge in [0.05, 0.1) is 6.42 Å². The molecule has 1 amide bonds. The van der Waals surface area contributed by atoms with Crippen molar-refractivity contribution in [3.8, 4) is 0 Å². The van der Waals surface area contributed by atoms with Crippen LogP contribution in [0.1, 0.15) is 45.4 Å². The number of amides is 1. The average Bonchev–Trinajstić information content (AvgIpc) is 2.79. The average molecular weight is 282 g/mol. The Morgan fingerprint density at radius 1 is 1.20 bits per heavy atom. The maximum atomic E-state index is 12.5. The van der Waals surface area contributed by atoms with Crippen molar-refractivity contribution in [3.63, 3.8) is 0 Å². The van der Waals surface area contributed by atoms with E-state index in [-0.39, 0.29) is 17.7 Å². The van der Waals surface area contributed by atoms with Crippen molar-refractivity contribution in [2.24, 2.45) is 5.41 Å². The summed E-state index contributed by atoms with van der Waals surface area (Å²) >= 11 is 0. The van der Waals surface area contributed by atoms with Crippen molar-refractivity contribution < 1.29 is 14.7 Å². The van der Waals surface area contributed by atoms with Crippen LogP contribution in [0.2, 0.25) is 0 Å². The van der Waals surface area contributed by atoms with Gasteiger partial charge in [-0.1, -0.05) is 12.8 Å². The second-order valence-corrected chi connectivity index (χ2v) is 6.62. The molecule has 2 rings (SSSR count). The van der Waals surface area contributed by atoms with E-state index >= 15 is 0 Å². The molecule has 2 fully saturated rings. The zero-order valence-corrected chi connectivity index (χ0v) is 12.6. The summed E-state index contributed by atoms with van der Waals surface area (Å²) in [4.78, 5) is 27.8. The van der Waals surface area contributed by atoms with E-state index in [4.69, 9.17) is 5.11 Å². The van der Waals surface area contributed by atoms with Crippen molar-refractivity contribution in [1.29, 1.82) is 0 Å². The molecule has 0 aromatic carbocycles. The van der Waals surface area contributed by atoms with E-state index in [1.807, 2.05) is 4.90 Å². The molecule has 0 aromatic heterocycles. The molecule has 0 spiro atoms. The van der Waals surface area contributed by atoms with Gasteiger partial charge in [0.25, 0.3) is 0 Å². The Morgan fingerprint density at radius 3 is 2.40 bits per heavy atom. The van der Waals surface area contributed by atoms with Gasteiger partial charge >= 0.3 is 5.97 Å². The molecule has 20 heavy (non-hydrogen) atoms. The van der Waals surface area contributed by atoms with E-state index in [1.165, 1.54) is 0 Å². The van der Waals surface area contributed by atoms with E-state index in [1.54, 1.807) is 0 Å². The lowest BCUT2D eigenvalue weighted by Crippen LogP contribution is -2.52. The number of nitrogens with zero attached hydrogens (tertiary/aromatic N) is 2. The summed E-state index contributed by atoms with van der Waals surface area (Å²) in [7, 11) is 2.08. The van der Waals surface area contributed by atoms with Crippen LogP contribution in [-0.2, 0) is 9.59 Å². The van der Waals surface area contributed by atoms with Crippen LogP contribution in [0.4, 0.5) is 0 Å². The summed E-state index contributed by atoms with van der Waals surface area (Å²) in [5.41, 5.74) is -0.282. The second kappa shape index (κ2) is 6.12. The molecule has 1 unspecified atom stereocenters. The van der Waals surface area contributed by atoms with E-state index in [0.717, 1.165) is 45.3 Å². The van der Waals surface area contributed by atoms with Crippen molar-refractivity contribution in [3.05, 3.63) is 0 Å². The van der Waals surface area contributed by atoms with Crippen molar-refractivity contribution >= 4 is 11.9 Å². The number of rotatable bonds is 4. The number of piperazine rings is 1. The highest BCUT2D eigenvalue weighted by atomic mass is 16.4. The quantitative estimate of drug-likeness (QED) is 0.850. The van der Waals surface area contributed by atoms with Gasteiger partial charge in [-0.05, 0) is 32.2 Å². The Bertz CT molecular complexity index is 377. The number of carbonyl (C=O) groups is 2. The largest absolute Gasteiger partial charge is 0.481 e. The summed E-state index contributed by atoms with van der Waals surface area (Å²) < 4.78 is 0. The Kier molecular flexibility index (Phi) is 4.68. The SMILES string of the molecule is CC1CN(C(=O)CC2(CC(=O)O)CCCC2)CCN1C. The topological polar surface area (TPSA) is 60.9 Å². The number of likely N-dealkylation sites (N-methyl/N-ethyl adjacent to an activating group) is 1. The van der Waals surface area contributed by atoms with Crippen LogP contribution in [-0.4, -0.2) is 59.5 Å². The molecule has 114 valence electrons. The Balaban J connectivity index is 1.96. The molecular formula is C15H26N2O3. The minimum atomic E-state index is -0.772. The molecule has 0 radical (unpaired) electrons. The summed E-state index contributed by atoms with van der Waals surface area (Å²) in [5, 5.41) is 9.11. The van der Waals surface area contributed by atoms with Gasteiger partial charge in [-0.25, -0.2) is 0 Å². The lowest BCUT2D eigenvalue weighted by atomic mass is 9.79. The predicted molar refractivity (Wildman–Crippen MR) is 76.4 cm³/mol. The van der Waals surface area contributed by atoms with Crippen LogP contribution in [0, 0.1) is 5.41 Å². The fourth-order valence-electron chi connectivity index (χ4n) is 3.57.